The Kier molecular flexibility index (Phi) is 5.13. The van der Waals surface area contributed by atoms with Crippen LogP contribution < -0.4 is 10.2 Å². The molecule has 2 fully saturated rings. The fourth-order valence-electron chi connectivity index (χ4n) is 4.35. The van der Waals surface area contributed by atoms with Gasteiger partial charge in [0.05, 0.1) is 5.92 Å². The predicted molar refractivity (Wildman–Crippen MR) is 99.8 cm³/mol. The number of piperidine rings is 1. The van der Waals surface area contributed by atoms with Crippen LogP contribution in [0.15, 0.2) is 12.1 Å². The summed E-state index contributed by atoms with van der Waals surface area (Å²) in [4.78, 5) is 29.2. The van der Waals surface area contributed by atoms with Gasteiger partial charge in [-0.15, -0.1) is 0 Å². The molecule has 0 bridgehead atoms. The fourth-order valence-corrected chi connectivity index (χ4v) is 4.35. The third-order valence-corrected chi connectivity index (χ3v) is 5.58. The van der Waals surface area contributed by atoms with Gasteiger partial charge < -0.3 is 15.1 Å². The molecule has 2 saturated heterocycles. The van der Waals surface area contributed by atoms with Gasteiger partial charge in [0.25, 0.3) is 0 Å². The van der Waals surface area contributed by atoms with Crippen LogP contribution in [0, 0.1) is 26.7 Å². The number of carbonyl (C=O) groups excluding carboxylic acids is 2. The maximum Gasteiger partial charge on any atom is 0.228 e. The van der Waals surface area contributed by atoms with Crippen molar-refractivity contribution in [2.45, 2.75) is 46.1 Å². The lowest BCUT2D eigenvalue weighted by Gasteiger charge is -2.33. The minimum Gasteiger partial charge on any atom is -0.342 e. The van der Waals surface area contributed by atoms with Crippen LogP contribution in [0.3, 0.4) is 0 Å². The Hall–Kier alpha value is -1.88. The zero-order valence-electron chi connectivity index (χ0n) is 15.8. The smallest absolute Gasteiger partial charge is 0.228 e. The largest absolute Gasteiger partial charge is 0.342 e. The van der Waals surface area contributed by atoms with Crippen LogP contribution in [0.4, 0.5) is 5.69 Å². The minimum absolute atomic E-state index is 0.0621. The van der Waals surface area contributed by atoms with Crippen molar-refractivity contribution in [2.24, 2.45) is 5.92 Å². The highest BCUT2D eigenvalue weighted by Gasteiger charge is 2.38. The Bertz CT molecular complexity index is 657. The third kappa shape index (κ3) is 3.56. The molecule has 2 heterocycles. The van der Waals surface area contributed by atoms with Crippen LogP contribution in [-0.2, 0) is 9.59 Å². The first-order chi connectivity index (χ1) is 11.9. The molecular weight excluding hydrogens is 314 g/mol. The van der Waals surface area contributed by atoms with Gasteiger partial charge in [-0.25, -0.2) is 0 Å². The Labute approximate surface area is 150 Å². The summed E-state index contributed by atoms with van der Waals surface area (Å²) in [5.74, 6) is -0.0511. The summed E-state index contributed by atoms with van der Waals surface area (Å²) in [6.45, 7) is 8.56. The van der Waals surface area contributed by atoms with E-state index in [9.17, 15) is 9.59 Å². The summed E-state index contributed by atoms with van der Waals surface area (Å²) in [5, 5.41) is 3.33. The van der Waals surface area contributed by atoms with Crippen LogP contribution in [-0.4, -0.2) is 49.4 Å². The molecule has 2 aliphatic heterocycles. The molecule has 0 aliphatic carbocycles. The van der Waals surface area contributed by atoms with Crippen molar-refractivity contribution in [3.05, 3.63) is 28.8 Å². The number of anilines is 1. The van der Waals surface area contributed by atoms with Crippen molar-refractivity contribution >= 4 is 17.5 Å². The zero-order valence-corrected chi connectivity index (χ0v) is 15.8. The van der Waals surface area contributed by atoms with Crippen molar-refractivity contribution in [3.63, 3.8) is 0 Å². The van der Waals surface area contributed by atoms with Crippen LogP contribution in [0.2, 0.25) is 0 Å². The van der Waals surface area contributed by atoms with E-state index in [1.54, 1.807) is 0 Å². The van der Waals surface area contributed by atoms with Gasteiger partial charge >= 0.3 is 0 Å². The Morgan fingerprint density at radius 3 is 2.36 bits per heavy atom. The highest BCUT2D eigenvalue weighted by Crippen LogP contribution is 2.32. The molecule has 3 rings (SSSR count). The molecule has 136 valence electrons. The van der Waals surface area contributed by atoms with Crippen molar-refractivity contribution in [1.82, 2.24) is 10.2 Å². The SMILES string of the molecule is Cc1cc(C)c(N2CC(C(=O)N(C)C3CCNCC3)CC2=O)c(C)c1. The highest BCUT2D eigenvalue weighted by atomic mass is 16.2. The standard InChI is InChI=1S/C20H29N3O2/c1-13-9-14(2)19(15(3)10-13)23-12-16(11-18(23)24)20(25)22(4)17-5-7-21-8-6-17/h9-10,16-17,21H,5-8,11-12H2,1-4H3. The van der Waals surface area contributed by atoms with Gasteiger partial charge in [0.2, 0.25) is 11.8 Å². The predicted octanol–water partition coefficient (Wildman–Crippen LogP) is 2.18. The topological polar surface area (TPSA) is 52.7 Å². The lowest BCUT2D eigenvalue weighted by atomic mass is 10.0. The van der Waals surface area contributed by atoms with E-state index >= 15 is 0 Å². The summed E-state index contributed by atoms with van der Waals surface area (Å²) in [6.07, 6.45) is 2.30. The highest BCUT2D eigenvalue weighted by molar-refractivity contribution is 6.01. The second-order valence-electron chi connectivity index (χ2n) is 7.58. The molecule has 1 unspecified atom stereocenters. The van der Waals surface area contributed by atoms with E-state index in [0.717, 1.165) is 42.7 Å². The first-order valence-corrected chi connectivity index (χ1v) is 9.24. The first-order valence-electron chi connectivity index (χ1n) is 9.24. The maximum atomic E-state index is 12.9. The lowest BCUT2D eigenvalue weighted by Crippen LogP contribution is -2.46. The number of hydrogen-bond donors (Lipinski definition) is 1. The molecule has 0 aromatic heterocycles. The molecule has 2 aliphatic rings. The summed E-state index contributed by atoms with van der Waals surface area (Å²) in [5.41, 5.74) is 4.38. The summed E-state index contributed by atoms with van der Waals surface area (Å²) in [6, 6.07) is 4.50. The summed E-state index contributed by atoms with van der Waals surface area (Å²) in [7, 11) is 1.90. The van der Waals surface area contributed by atoms with E-state index in [0.29, 0.717) is 19.0 Å². The number of nitrogens with one attached hydrogen (secondary N) is 1. The van der Waals surface area contributed by atoms with Gasteiger partial charge in [-0.1, -0.05) is 17.7 Å². The number of rotatable bonds is 3. The van der Waals surface area contributed by atoms with Gasteiger partial charge in [-0.3, -0.25) is 9.59 Å². The molecule has 1 aromatic carbocycles. The average molecular weight is 343 g/mol. The molecule has 0 spiro atoms. The number of nitrogens with zero attached hydrogens (tertiary/aromatic N) is 2. The summed E-state index contributed by atoms with van der Waals surface area (Å²) >= 11 is 0. The van der Waals surface area contributed by atoms with Crippen LogP contribution in [0.1, 0.15) is 36.0 Å². The van der Waals surface area contributed by atoms with Gasteiger partial charge in [0, 0.05) is 31.7 Å². The normalized spacial score (nSPS) is 21.7. The van der Waals surface area contributed by atoms with Gasteiger partial charge in [0.1, 0.15) is 0 Å². The Morgan fingerprint density at radius 2 is 1.76 bits per heavy atom. The van der Waals surface area contributed by atoms with E-state index in [4.69, 9.17) is 0 Å². The van der Waals surface area contributed by atoms with E-state index in [2.05, 4.69) is 24.4 Å². The number of aryl methyl sites for hydroxylation is 3. The zero-order chi connectivity index (χ0) is 18.1. The van der Waals surface area contributed by atoms with Crippen LogP contribution in [0.25, 0.3) is 0 Å². The Morgan fingerprint density at radius 1 is 1.16 bits per heavy atom. The van der Waals surface area contributed by atoms with Gasteiger partial charge in [-0.05, 0) is 57.8 Å². The van der Waals surface area contributed by atoms with Crippen LogP contribution >= 0.6 is 0 Å². The lowest BCUT2D eigenvalue weighted by molar-refractivity contribution is -0.137. The number of benzene rings is 1. The first kappa shape index (κ1) is 17.9. The molecule has 1 aromatic rings. The van der Waals surface area contributed by atoms with Gasteiger partial charge in [-0.2, -0.15) is 0 Å². The molecule has 5 nitrogen and oxygen atoms in total. The second kappa shape index (κ2) is 7.16. The monoisotopic (exact) mass is 343 g/mol. The van der Waals surface area contributed by atoms with Crippen molar-refractivity contribution in [2.75, 3.05) is 31.6 Å². The Balaban J connectivity index is 1.75. The molecular formula is C20H29N3O2. The molecule has 5 heteroatoms. The van der Waals surface area contributed by atoms with E-state index in [1.807, 2.05) is 30.7 Å². The van der Waals surface area contributed by atoms with E-state index in [1.165, 1.54) is 5.56 Å². The van der Waals surface area contributed by atoms with E-state index < -0.39 is 0 Å². The van der Waals surface area contributed by atoms with Crippen LogP contribution in [0.5, 0.6) is 0 Å². The number of hydrogen-bond acceptors (Lipinski definition) is 3. The molecule has 0 saturated carbocycles. The molecule has 1 atom stereocenters. The van der Waals surface area contributed by atoms with Crippen molar-refractivity contribution in [1.29, 1.82) is 0 Å². The molecule has 25 heavy (non-hydrogen) atoms. The van der Waals surface area contributed by atoms with E-state index in [-0.39, 0.29) is 17.7 Å². The quantitative estimate of drug-likeness (QED) is 0.915. The van der Waals surface area contributed by atoms with Crippen molar-refractivity contribution < 1.29 is 9.59 Å². The molecule has 0 radical (unpaired) electrons. The molecule has 2 amide bonds. The fraction of sp³-hybridized carbons (Fsp3) is 0.600. The number of amides is 2. The number of carbonyl (C=O) groups is 2. The average Bonchev–Trinajstić information content (AvgIpc) is 2.95. The molecule has 1 N–H and O–H groups in total. The third-order valence-electron chi connectivity index (χ3n) is 5.58. The van der Waals surface area contributed by atoms with Gasteiger partial charge in [0.15, 0.2) is 0 Å². The second-order valence-corrected chi connectivity index (χ2v) is 7.58. The van der Waals surface area contributed by atoms with Crippen molar-refractivity contribution in [3.8, 4) is 0 Å². The summed E-state index contributed by atoms with van der Waals surface area (Å²) < 4.78 is 0. The minimum atomic E-state index is -0.229. The maximum absolute atomic E-state index is 12.9.